The van der Waals surface area contributed by atoms with E-state index in [1.165, 1.54) is 5.56 Å². The molecule has 0 aliphatic carbocycles. The number of carbonyl (C=O) groups is 1. The minimum Gasteiger partial charge on any atom is -0.337 e. The van der Waals surface area contributed by atoms with Gasteiger partial charge in [-0.15, -0.1) is 11.3 Å². The van der Waals surface area contributed by atoms with Crippen molar-refractivity contribution in [3.8, 4) is 0 Å². The molecule has 0 N–H and O–H groups in total. The highest BCUT2D eigenvalue weighted by Gasteiger charge is 2.26. The van der Waals surface area contributed by atoms with Gasteiger partial charge in [0.1, 0.15) is 0 Å². The molecule has 1 aliphatic heterocycles. The molecule has 0 spiro atoms. The number of nitrogens with zero attached hydrogens (tertiary/aromatic N) is 2. The Kier molecular flexibility index (Phi) is 5.79. The highest BCUT2D eigenvalue weighted by molar-refractivity contribution is 7.89. The Balaban J connectivity index is 1.72. The number of hydrogen-bond donors (Lipinski definition) is 0. The predicted octanol–water partition coefficient (Wildman–Crippen LogP) is 3.50. The molecule has 2 aromatic rings. The van der Waals surface area contributed by atoms with E-state index in [0.717, 1.165) is 24.1 Å². The average molecular weight is 393 g/mol. The highest BCUT2D eigenvalue weighted by Crippen LogP contribution is 2.22. The summed E-state index contributed by atoms with van der Waals surface area (Å²) in [5.41, 5.74) is 1.68. The van der Waals surface area contributed by atoms with E-state index in [1.54, 1.807) is 51.9 Å². The molecule has 1 aromatic heterocycles. The van der Waals surface area contributed by atoms with Crippen LogP contribution in [0, 0.1) is 6.92 Å². The molecule has 1 aliphatic rings. The molecule has 3 rings (SSSR count). The quantitative estimate of drug-likeness (QED) is 0.782. The fourth-order valence-corrected chi connectivity index (χ4v) is 5.57. The second-order valence-electron chi connectivity index (χ2n) is 6.68. The van der Waals surface area contributed by atoms with E-state index >= 15 is 0 Å². The number of piperidine rings is 1. The van der Waals surface area contributed by atoms with Gasteiger partial charge in [-0.05, 0) is 61.0 Å². The molecule has 0 saturated carbocycles. The van der Waals surface area contributed by atoms with Crippen molar-refractivity contribution >= 4 is 27.3 Å². The molecule has 5 nitrogen and oxygen atoms in total. The summed E-state index contributed by atoms with van der Waals surface area (Å²) in [4.78, 5) is 15.7. The lowest BCUT2D eigenvalue weighted by Crippen LogP contribution is -2.35. The lowest BCUT2D eigenvalue weighted by molar-refractivity contribution is 0.0786. The smallest absolute Gasteiger partial charge is 0.253 e. The number of hydrogen-bond acceptors (Lipinski definition) is 4. The van der Waals surface area contributed by atoms with Crippen molar-refractivity contribution in [2.24, 2.45) is 0 Å². The van der Waals surface area contributed by atoms with Crippen LogP contribution < -0.4 is 0 Å². The first-order valence-electron chi connectivity index (χ1n) is 8.78. The van der Waals surface area contributed by atoms with E-state index in [0.29, 0.717) is 25.2 Å². The second-order valence-corrected chi connectivity index (χ2v) is 9.62. The van der Waals surface area contributed by atoms with Crippen molar-refractivity contribution in [1.29, 1.82) is 0 Å². The van der Waals surface area contributed by atoms with Crippen LogP contribution in [0.15, 0.2) is 40.6 Å². The Morgan fingerprint density at radius 2 is 1.77 bits per heavy atom. The molecular formula is C19H24N2O3S2. The monoisotopic (exact) mass is 392 g/mol. The summed E-state index contributed by atoms with van der Waals surface area (Å²) in [5.74, 6) is -0.111. The van der Waals surface area contributed by atoms with Gasteiger partial charge in [0.2, 0.25) is 10.0 Å². The lowest BCUT2D eigenvalue weighted by atomic mass is 10.2. The summed E-state index contributed by atoms with van der Waals surface area (Å²) in [6.45, 7) is 3.73. The van der Waals surface area contributed by atoms with Gasteiger partial charge in [-0.2, -0.15) is 4.31 Å². The van der Waals surface area contributed by atoms with Crippen molar-refractivity contribution < 1.29 is 13.2 Å². The third kappa shape index (κ3) is 4.00. The van der Waals surface area contributed by atoms with E-state index in [9.17, 15) is 13.2 Å². The second kappa shape index (κ2) is 7.90. The molecular weight excluding hydrogens is 368 g/mol. The molecule has 2 heterocycles. The number of amides is 1. The Morgan fingerprint density at radius 3 is 2.35 bits per heavy atom. The summed E-state index contributed by atoms with van der Waals surface area (Å²) in [6, 6.07) is 8.34. The van der Waals surface area contributed by atoms with Crippen LogP contribution >= 0.6 is 11.3 Å². The van der Waals surface area contributed by atoms with Crippen molar-refractivity contribution in [3.63, 3.8) is 0 Å². The Labute approximate surface area is 159 Å². The van der Waals surface area contributed by atoms with E-state index in [1.807, 2.05) is 18.4 Å². The number of thiophene rings is 1. The molecule has 1 amide bonds. The molecule has 0 atom stereocenters. The first kappa shape index (κ1) is 19.1. The normalized spacial score (nSPS) is 15.8. The van der Waals surface area contributed by atoms with Gasteiger partial charge in [0.15, 0.2) is 0 Å². The van der Waals surface area contributed by atoms with Crippen molar-refractivity contribution in [2.75, 3.05) is 20.1 Å². The van der Waals surface area contributed by atoms with Crippen molar-refractivity contribution in [3.05, 3.63) is 51.7 Å². The molecule has 0 unspecified atom stereocenters. The predicted molar refractivity (Wildman–Crippen MR) is 104 cm³/mol. The number of aryl methyl sites for hydroxylation is 1. The standard InChI is InChI=1S/C19H24N2O3S2/c1-15-10-13-25-18(15)14-20(2)19(22)16-6-8-17(9-7-16)26(23,24)21-11-4-3-5-12-21/h6-10,13H,3-5,11-12,14H2,1-2H3. The van der Waals surface area contributed by atoms with Crippen LogP contribution in [-0.2, 0) is 16.6 Å². The number of benzene rings is 1. The summed E-state index contributed by atoms with van der Waals surface area (Å²) < 4.78 is 26.9. The summed E-state index contributed by atoms with van der Waals surface area (Å²) in [5, 5.41) is 2.02. The van der Waals surface area contributed by atoms with Crippen LogP contribution in [0.5, 0.6) is 0 Å². The average Bonchev–Trinajstić information content (AvgIpc) is 3.06. The molecule has 26 heavy (non-hydrogen) atoms. The zero-order valence-electron chi connectivity index (χ0n) is 15.1. The van der Waals surface area contributed by atoms with Crippen LogP contribution in [0.2, 0.25) is 0 Å². The van der Waals surface area contributed by atoms with Crippen molar-refractivity contribution in [1.82, 2.24) is 9.21 Å². The SMILES string of the molecule is Cc1ccsc1CN(C)C(=O)c1ccc(S(=O)(=O)N2CCCCC2)cc1. The number of rotatable bonds is 5. The van der Waals surface area contributed by atoms with Crippen LogP contribution in [0.4, 0.5) is 0 Å². The van der Waals surface area contributed by atoms with E-state index in [2.05, 4.69) is 0 Å². The molecule has 0 bridgehead atoms. The Morgan fingerprint density at radius 1 is 1.12 bits per heavy atom. The largest absolute Gasteiger partial charge is 0.337 e. The minimum absolute atomic E-state index is 0.111. The van der Waals surface area contributed by atoms with Crippen LogP contribution in [-0.4, -0.2) is 43.7 Å². The van der Waals surface area contributed by atoms with Gasteiger partial charge in [-0.1, -0.05) is 6.42 Å². The van der Waals surface area contributed by atoms with Gasteiger partial charge in [0, 0.05) is 30.6 Å². The van der Waals surface area contributed by atoms with Crippen LogP contribution in [0.25, 0.3) is 0 Å². The fourth-order valence-electron chi connectivity index (χ4n) is 3.10. The summed E-state index contributed by atoms with van der Waals surface area (Å²) in [7, 11) is -1.70. The van der Waals surface area contributed by atoms with Gasteiger partial charge in [0.05, 0.1) is 11.4 Å². The maximum Gasteiger partial charge on any atom is 0.253 e. The lowest BCUT2D eigenvalue weighted by Gasteiger charge is -2.26. The van der Waals surface area contributed by atoms with Crippen LogP contribution in [0.1, 0.15) is 40.1 Å². The van der Waals surface area contributed by atoms with Gasteiger partial charge in [-0.25, -0.2) is 8.42 Å². The van der Waals surface area contributed by atoms with E-state index in [-0.39, 0.29) is 10.8 Å². The van der Waals surface area contributed by atoms with Gasteiger partial charge >= 0.3 is 0 Å². The fraction of sp³-hybridized carbons (Fsp3) is 0.421. The number of sulfonamides is 1. The van der Waals surface area contributed by atoms with Gasteiger partial charge < -0.3 is 4.90 Å². The van der Waals surface area contributed by atoms with E-state index in [4.69, 9.17) is 0 Å². The summed E-state index contributed by atoms with van der Waals surface area (Å²) in [6.07, 6.45) is 2.89. The molecule has 1 saturated heterocycles. The first-order chi connectivity index (χ1) is 12.4. The van der Waals surface area contributed by atoms with Crippen LogP contribution in [0.3, 0.4) is 0 Å². The number of carbonyl (C=O) groups excluding carboxylic acids is 1. The highest BCUT2D eigenvalue weighted by atomic mass is 32.2. The third-order valence-corrected chi connectivity index (χ3v) is 7.67. The minimum atomic E-state index is -3.46. The molecule has 0 radical (unpaired) electrons. The summed E-state index contributed by atoms with van der Waals surface area (Å²) >= 11 is 1.63. The molecule has 7 heteroatoms. The first-order valence-corrected chi connectivity index (χ1v) is 11.1. The molecule has 140 valence electrons. The molecule has 1 aromatic carbocycles. The van der Waals surface area contributed by atoms with Crippen molar-refractivity contribution in [2.45, 2.75) is 37.6 Å². The zero-order chi connectivity index (χ0) is 18.7. The topological polar surface area (TPSA) is 57.7 Å². The zero-order valence-corrected chi connectivity index (χ0v) is 16.8. The van der Waals surface area contributed by atoms with Gasteiger partial charge in [0.25, 0.3) is 5.91 Å². The molecule has 1 fully saturated rings. The maximum atomic E-state index is 12.7. The maximum absolute atomic E-state index is 12.7. The Hall–Kier alpha value is -1.70. The Bertz CT molecular complexity index is 866. The van der Waals surface area contributed by atoms with Gasteiger partial charge in [-0.3, -0.25) is 4.79 Å². The van der Waals surface area contributed by atoms with E-state index < -0.39 is 10.0 Å². The third-order valence-electron chi connectivity index (χ3n) is 4.75.